The third-order valence-corrected chi connectivity index (χ3v) is 4.73. The van der Waals surface area contributed by atoms with Crippen molar-refractivity contribution in [3.63, 3.8) is 0 Å². The van der Waals surface area contributed by atoms with E-state index in [-0.39, 0.29) is 17.9 Å². The average molecular weight is 318 g/mol. The number of rotatable bonds is 1. The maximum absolute atomic E-state index is 12.0. The molecule has 1 N–H and O–H groups in total. The smallest absolute Gasteiger partial charge is 0.331 e. The Labute approximate surface area is 140 Å². The number of nitrogens with one attached hydrogen (secondary N) is 1. The zero-order valence-corrected chi connectivity index (χ0v) is 13.6. The first kappa shape index (κ1) is 14.7. The van der Waals surface area contributed by atoms with E-state index in [0.29, 0.717) is 0 Å². The fraction of sp³-hybridized carbons (Fsp3) is 0.200. The van der Waals surface area contributed by atoms with Gasteiger partial charge in [0.2, 0.25) is 0 Å². The lowest BCUT2D eigenvalue weighted by Gasteiger charge is -2.18. The fourth-order valence-electron chi connectivity index (χ4n) is 3.63. The predicted molar refractivity (Wildman–Crippen MR) is 93.9 cm³/mol. The molecule has 4 rings (SSSR count). The molecule has 0 radical (unpaired) electrons. The van der Waals surface area contributed by atoms with E-state index < -0.39 is 0 Å². The van der Waals surface area contributed by atoms with Gasteiger partial charge < -0.3 is 10.2 Å². The van der Waals surface area contributed by atoms with Gasteiger partial charge in [-0.15, -0.1) is 0 Å². The average Bonchev–Trinajstić information content (AvgIpc) is 2.95. The summed E-state index contributed by atoms with van der Waals surface area (Å²) in [6.07, 6.45) is 1.58. The minimum Gasteiger partial charge on any atom is -0.466 e. The van der Waals surface area contributed by atoms with E-state index in [4.69, 9.17) is 4.74 Å². The molecule has 0 aromatic heterocycles. The van der Waals surface area contributed by atoms with Gasteiger partial charge >= 0.3 is 5.97 Å². The number of methoxy groups -OCH3 is 1. The molecule has 0 saturated heterocycles. The van der Waals surface area contributed by atoms with Gasteiger partial charge in [0.1, 0.15) is 0 Å². The third-order valence-electron chi connectivity index (χ3n) is 4.73. The quantitative estimate of drug-likeness (QED) is 0.649. The van der Waals surface area contributed by atoms with Gasteiger partial charge in [0, 0.05) is 11.6 Å². The number of hydrogen-bond donors (Lipinski definition) is 1. The molecule has 120 valence electrons. The van der Waals surface area contributed by atoms with E-state index in [1.54, 1.807) is 6.08 Å². The van der Waals surface area contributed by atoms with Crippen LogP contribution in [-0.2, 0) is 9.53 Å². The minimum atomic E-state index is -0.352. The monoisotopic (exact) mass is 318 g/mol. The summed E-state index contributed by atoms with van der Waals surface area (Å²) in [6.45, 7) is 2.13. The first-order valence-corrected chi connectivity index (χ1v) is 8.02. The van der Waals surface area contributed by atoms with Crippen LogP contribution in [0.25, 0.3) is 5.57 Å². The molecule has 2 aromatic carbocycles. The van der Waals surface area contributed by atoms with Gasteiger partial charge in [-0.2, -0.15) is 5.10 Å². The van der Waals surface area contributed by atoms with Crippen LogP contribution in [0.15, 0.2) is 59.7 Å². The Bertz CT molecular complexity index is 883. The van der Waals surface area contributed by atoms with Crippen molar-refractivity contribution in [1.29, 1.82) is 0 Å². The third kappa shape index (κ3) is 2.14. The second kappa shape index (κ2) is 5.64. The molecule has 0 saturated carbocycles. The summed E-state index contributed by atoms with van der Waals surface area (Å²) in [5, 5.41) is 4.60. The SMILES string of the molecule is COC(=O)C=C1c2ccccc2C2=NNC(C)C2c2ccccc21. The Balaban J connectivity index is 2.07. The lowest BCUT2D eigenvalue weighted by molar-refractivity contribution is -0.134. The molecule has 1 aliphatic carbocycles. The second-order valence-corrected chi connectivity index (χ2v) is 6.11. The van der Waals surface area contributed by atoms with E-state index in [0.717, 1.165) is 28.0 Å². The Morgan fingerprint density at radius 2 is 1.75 bits per heavy atom. The van der Waals surface area contributed by atoms with Crippen LogP contribution in [-0.4, -0.2) is 24.8 Å². The highest BCUT2D eigenvalue weighted by Gasteiger charge is 2.36. The molecule has 1 aliphatic heterocycles. The first-order valence-electron chi connectivity index (χ1n) is 8.02. The zero-order chi connectivity index (χ0) is 16.7. The van der Waals surface area contributed by atoms with Crippen molar-refractivity contribution in [3.8, 4) is 0 Å². The summed E-state index contributed by atoms with van der Waals surface area (Å²) in [7, 11) is 1.40. The first-order chi connectivity index (χ1) is 11.7. The van der Waals surface area contributed by atoms with Crippen LogP contribution < -0.4 is 5.43 Å². The summed E-state index contributed by atoms with van der Waals surface area (Å²) in [6, 6.07) is 16.5. The topological polar surface area (TPSA) is 50.7 Å². The number of hydrogen-bond acceptors (Lipinski definition) is 4. The summed E-state index contributed by atoms with van der Waals surface area (Å²) in [5.74, 6) is -0.194. The highest BCUT2D eigenvalue weighted by atomic mass is 16.5. The number of esters is 1. The van der Waals surface area contributed by atoms with Gasteiger partial charge in [0.05, 0.1) is 24.8 Å². The molecule has 2 aliphatic rings. The van der Waals surface area contributed by atoms with Crippen LogP contribution in [0.3, 0.4) is 0 Å². The number of fused-ring (bicyclic) bond motifs is 5. The standard InChI is InChI=1S/C20H18N2O2/c1-12-19-15-9-5-3-7-13(15)17(11-18(23)24-2)14-8-4-6-10-16(14)20(19)22-21-12/h3-12,19,21H,1-2H3. The highest BCUT2D eigenvalue weighted by Crippen LogP contribution is 2.41. The molecule has 2 atom stereocenters. The number of carbonyl (C=O) groups is 1. The molecule has 0 fully saturated rings. The van der Waals surface area contributed by atoms with Crippen LogP contribution in [0, 0.1) is 0 Å². The largest absolute Gasteiger partial charge is 0.466 e. The van der Waals surface area contributed by atoms with Crippen molar-refractivity contribution in [1.82, 2.24) is 5.43 Å². The molecule has 1 heterocycles. The van der Waals surface area contributed by atoms with Gasteiger partial charge in [0.25, 0.3) is 0 Å². The summed E-state index contributed by atoms with van der Waals surface area (Å²) < 4.78 is 4.88. The van der Waals surface area contributed by atoms with Crippen LogP contribution in [0.4, 0.5) is 0 Å². The van der Waals surface area contributed by atoms with Gasteiger partial charge in [0.15, 0.2) is 0 Å². The van der Waals surface area contributed by atoms with Gasteiger partial charge in [-0.3, -0.25) is 0 Å². The lowest BCUT2D eigenvalue weighted by Crippen LogP contribution is -2.24. The van der Waals surface area contributed by atoms with Crippen molar-refractivity contribution in [2.45, 2.75) is 18.9 Å². The molecule has 0 bridgehead atoms. The summed E-state index contributed by atoms with van der Waals surface area (Å²) in [5.41, 5.74) is 9.43. The van der Waals surface area contributed by atoms with E-state index in [9.17, 15) is 4.79 Å². The van der Waals surface area contributed by atoms with Gasteiger partial charge in [-0.1, -0.05) is 48.5 Å². The molecular weight excluding hydrogens is 300 g/mol. The molecule has 0 amide bonds. The van der Waals surface area contributed by atoms with Crippen molar-refractivity contribution in [2.24, 2.45) is 5.10 Å². The summed E-state index contributed by atoms with van der Waals surface area (Å²) in [4.78, 5) is 12.0. The number of hydrazone groups is 1. The molecule has 2 aromatic rings. The van der Waals surface area contributed by atoms with Crippen LogP contribution in [0.2, 0.25) is 0 Å². The Morgan fingerprint density at radius 1 is 1.08 bits per heavy atom. The van der Waals surface area contributed by atoms with E-state index in [1.165, 1.54) is 12.7 Å². The van der Waals surface area contributed by atoms with E-state index in [1.807, 2.05) is 30.3 Å². The van der Waals surface area contributed by atoms with Crippen molar-refractivity contribution >= 4 is 17.3 Å². The predicted octanol–water partition coefficient (Wildman–Crippen LogP) is 3.08. The molecule has 2 unspecified atom stereocenters. The Kier molecular flexibility index (Phi) is 3.45. The van der Waals surface area contributed by atoms with Crippen LogP contribution in [0.1, 0.15) is 35.1 Å². The molecule has 4 heteroatoms. The molecule has 0 spiro atoms. The maximum atomic E-state index is 12.0. The van der Waals surface area contributed by atoms with Gasteiger partial charge in [-0.05, 0) is 29.2 Å². The van der Waals surface area contributed by atoms with E-state index in [2.05, 4.69) is 35.7 Å². The number of benzene rings is 2. The van der Waals surface area contributed by atoms with Crippen molar-refractivity contribution in [3.05, 3.63) is 76.9 Å². The van der Waals surface area contributed by atoms with E-state index >= 15 is 0 Å². The maximum Gasteiger partial charge on any atom is 0.331 e. The number of ether oxygens (including phenoxy) is 1. The van der Waals surface area contributed by atoms with Gasteiger partial charge in [-0.25, -0.2) is 4.79 Å². The van der Waals surface area contributed by atoms with Crippen molar-refractivity contribution < 1.29 is 9.53 Å². The molecule has 4 nitrogen and oxygen atoms in total. The number of carbonyl (C=O) groups excluding carboxylic acids is 1. The molecular formula is C20H18N2O2. The van der Waals surface area contributed by atoms with Crippen LogP contribution >= 0.6 is 0 Å². The highest BCUT2D eigenvalue weighted by molar-refractivity contribution is 6.14. The lowest BCUT2D eigenvalue weighted by atomic mass is 9.85. The second-order valence-electron chi connectivity index (χ2n) is 6.11. The Hall–Kier alpha value is -2.88. The Morgan fingerprint density at radius 3 is 2.50 bits per heavy atom. The minimum absolute atomic E-state index is 0.158. The number of nitrogens with zero attached hydrogens (tertiary/aromatic N) is 1. The normalized spacial score (nSPS) is 22.6. The van der Waals surface area contributed by atoms with Crippen LogP contribution in [0.5, 0.6) is 0 Å². The molecule has 24 heavy (non-hydrogen) atoms. The zero-order valence-electron chi connectivity index (χ0n) is 13.6. The van der Waals surface area contributed by atoms with Crippen molar-refractivity contribution in [2.75, 3.05) is 7.11 Å². The summed E-state index contributed by atoms with van der Waals surface area (Å²) >= 11 is 0. The fourth-order valence-corrected chi connectivity index (χ4v) is 3.63.